The van der Waals surface area contributed by atoms with Gasteiger partial charge in [0.25, 0.3) is 11.8 Å². The molecule has 0 bridgehead atoms. The number of aryl methyl sites for hydroxylation is 1. The minimum absolute atomic E-state index is 0.185. The van der Waals surface area contributed by atoms with Crippen molar-refractivity contribution in [2.24, 2.45) is 0 Å². The summed E-state index contributed by atoms with van der Waals surface area (Å²) in [4.78, 5) is 29.0. The Hall–Kier alpha value is -3.26. The maximum absolute atomic E-state index is 13.1. The van der Waals surface area contributed by atoms with Gasteiger partial charge in [0.1, 0.15) is 5.75 Å². The number of hydrogen-bond acceptors (Lipinski definition) is 5. The molecule has 2 aromatic heterocycles. The fourth-order valence-corrected chi connectivity index (χ4v) is 3.74. The van der Waals surface area contributed by atoms with Crippen molar-refractivity contribution in [2.45, 2.75) is 6.92 Å². The van der Waals surface area contributed by atoms with Crippen molar-refractivity contribution in [3.63, 3.8) is 0 Å². The molecule has 9 heteroatoms. The van der Waals surface area contributed by atoms with Crippen molar-refractivity contribution in [3.05, 3.63) is 64.8 Å². The van der Waals surface area contributed by atoms with Crippen LogP contribution >= 0.6 is 11.6 Å². The third-order valence-corrected chi connectivity index (χ3v) is 5.38. The van der Waals surface area contributed by atoms with Crippen LogP contribution in [0.1, 0.15) is 26.6 Å². The molecule has 3 aromatic rings. The number of aromatic nitrogens is 2. The summed E-state index contributed by atoms with van der Waals surface area (Å²) in [5.74, 6) is 0.250. The van der Waals surface area contributed by atoms with Gasteiger partial charge in [-0.2, -0.15) is 0 Å². The van der Waals surface area contributed by atoms with Gasteiger partial charge in [-0.15, -0.1) is 0 Å². The van der Waals surface area contributed by atoms with E-state index in [2.05, 4.69) is 5.16 Å². The summed E-state index contributed by atoms with van der Waals surface area (Å²) in [5, 5.41) is 4.20. The van der Waals surface area contributed by atoms with Crippen LogP contribution in [-0.4, -0.2) is 64.6 Å². The van der Waals surface area contributed by atoms with E-state index in [0.717, 1.165) is 5.69 Å². The van der Waals surface area contributed by atoms with Crippen LogP contribution in [0.5, 0.6) is 5.75 Å². The summed E-state index contributed by atoms with van der Waals surface area (Å²) in [7, 11) is 1.52. The SMILES string of the molecule is COc1cc(-n2cccc2)c(Cl)cc1C(=O)N1CCN(C(=O)c2cc(C)no2)CC1. The molecule has 3 heterocycles. The third-order valence-electron chi connectivity index (χ3n) is 5.07. The first kappa shape index (κ1) is 20.0. The van der Waals surface area contributed by atoms with E-state index in [1.165, 1.54) is 7.11 Å². The highest BCUT2D eigenvalue weighted by Gasteiger charge is 2.29. The van der Waals surface area contributed by atoms with Crippen LogP contribution in [0.2, 0.25) is 5.02 Å². The number of methoxy groups -OCH3 is 1. The Morgan fingerprint density at radius 1 is 1.03 bits per heavy atom. The van der Waals surface area contributed by atoms with E-state index in [-0.39, 0.29) is 17.6 Å². The second-order valence-corrected chi connectivity index (χ2v) is 7.42. The molecule has 0 aliphatic carbocycles. The fourth-order valence-electron chi connectivity index (χ4n) is 3.47. The summed E-state index contributed by atoms with van der Waals surface area (Å²) in [6.07, 6.45) is 3.74. The molecule has 0 unspecified atom stereocenters. The monoisotopic (exact) mass is 428 g/mol. The van der Waals surface area contributed by atoms with E-state index in [1.54, 1.807) is 34.9 Å². The molecule has 4 rings (SSSR count). The molecule has 0 N–H and O–H groups in total. The van der Waals surface area contributed by atoms with E-state index in [9.17, 15) is 9.59 Å². The molecule has 0 atom stereocenters. The molecule has 8 nitrogen and oxygen atoms in total. The Balaban J connectivity index is 1.49. The molecule has 1 aliphatic rings. The largest absolute Gasteiger partial charge is 0.496 e. The number of ether oxygens (including phenoxy) is 1. The maximum atomic E-state index is 13.1. The van der Waals surface area contributed by atoms with Crippen molar-refractivity contribution in [2.75, 3.05) is 33.3 Å². The van der Waals surface area contributed by atoms with Gasteiger partial charge in [0.2, 0.25) is 5.76 Å². The quantitative estimate of drug-likeness (QED) is 0.638. The Morgan fingerprint density at radius 3 is 2.23 bits per heavy atom. The van der Waals surface area contributed by atoms with E-state index in [0.29, 0.717) is 48.2 Å². The van der Waals surface area contributed by atoms with Crippen molar-refractivity contribution < 1.29 is 18.8 Å². The smallest absolute Gasteiger partial charge is 0.292 e. The Morgan fingerprint density at radius 2 is 1.67 bits per heavy atom. The summed E-state index contributed by atoms with van der Waals surface area (Å²) < 4.78 is 12.4. The highest BCUT2D eigenvalue weighted by molar-refractivity contribution is 6.33. The zero-order valence-electron chi connectivity index (χ0n) is 16.7. The normalized spacial score (nSPS) is 14.1. The number of piperazine rings is 1. The number of amides is 2. The van der Waals surface area contributed by atoms with E-state index in [4.69, 9.17) is 20.9 Å². The molecule has 1 saturated heterocycles. The first-order chi connectivity index (χ1) is 14.5. The lowest BCUT2D eigenvalue weighted by atomic mass is 10.1. The molecule has 156 valence electrons. The van der Waals surface area contributed by atoms with Crippen LogP contribution in [0, 0.1) is 6.92 Å². The predicted molar refractivity (Wildman–Crippen MR) is 110 cm³/mol. The second kappa shape index (κ2) is 8.23. The minimum Gasteiger partial charge on any atom is -0.496 e. The molecular formula is C21H21ClN4O4. The highest BCUT2D eigenvalue weighted by atomic mass is 35.5. The van der Waals surface area contributed by atoms with Crippen LogP contribution in [0.25, 0.3) is 5.69 Å². The Labute approximate surface area is 178 Å². The number of benzene rings is 1. The second-order valence-electron chi connectivity index (χ2n) is 7.01. The van der Waals surface area contributed by atoms with E-state index >= 15 is 0 Å². The number of carbonyl (C=O) groups excluding carboxylic acids is 2. The van der Waals surface area contributed by atoms with Gasteiger partial charge in [-0.3, -0.25) is 9.59 Å². The lowest BCUT2D eigenvalue weighted by Crippen LogP contribution is -2.50. The Kier molecular flexibility index (Phi) is 5.50. The van der Waals surface area contributed by atoms with Crippen molar-refractivity contribution in [3.8, 4) is 11.4 Å². The van der Waals surface area contributed by atoms with Gasteiger partial charge in [-0.05, 0) is 25.1 Å². The van der Waals surface area contributed by atoms with Crippen LogP contribution in [0.3, 0.4) is 0 Å². The average molecular weight is 429 g/mol. The van der Waals surface area contributed by atoms with Gasteiger partial charge in [-0.25, -0.2) is 0 Å². The molecule has 0 radical (unpaired) electrons. The molecular weight excluding hydrogens is 408 g/mol. The van der Waals surface area contributed by atoms with Gasteiger partial charge >= 0.3 is 0 Å². The van der Waals surface area contributed by atoms with Gasteiger partial charge in [0.15, 0.2) is 0 Å². The molecule has 0 saturated carbocycles. The molecule has 1 aliphatic heterocycles. The number of hydrogen-bond donors (Lipinski definition) is 0. The zero-order chi connectivity index (χ0) is 21.3. The van der Waals surface area contributed by atoms with Gasteiger partial charge in [-0.1, -0.05) is 16.8 Å². The summed E-state index contributed by atoms with van der Waals surface area (Å²) in [6.45, 7) is 3.37. The number of rotatable bonds is 4. The van der Waals surface area contributed by atoms with Gasteiger partial charge < -0.3 is 23.6 Å². The highest BCUT2D eigenvalue weighted by Crippen LogP contribution is 2.31. The molecule has 30 heavy (non-hydrogen) atoms. The lowest BCUT2D eigenvalue weighted by Gasteiger charge is -2.34. The standard InChI is InChI=1S/C21H21ClN4O4/c1-14-11-19(30-23-14)21(28)26-9-7-25(8-10-26)20(27)15-12-16(22)17(13-18(15)29-2)24-5-3-4-6-24/h3-6,11-13H,7-10H2,1-2H3. The van der Waals surface area contributed by atoms with Crippen molar-refractivity contribution >= 4 is 23.4 Å². The van der Waals surface area contributed by atoms with Crippen molar-refractivity contribution in [1.29, 1.82) is 0 Å². The molecule has 0 spiro atoms. The molecule has 1 aromatic carbocycles. The van der Waals surface area contributed by atoms with Crippen LogP contribution in [0.4, 0.5) is 0 Å². The van der Waals surface area contributed by atoms with Gasteiger partial charge in [0.05, 0.1) is 29.1 Å². The average Bonchev–Trinajstić information content (AvgIpc) is 3.44. The Bertz CT molecular complexity index is 1070. The van der Waals surface area contributed by atoms with E-state index in [1.807, 2.05) is 29.1 Å². The van der Waals surface area contributed by atoms with Crippen LogP contribution in [-0.2, 0) is 0 Å². The minimum atomic E-state index is -0.223. The number of halogens is 1. The zero-order valence-corrected chi connectivity index (χ0v) is 17.4. The molecule has 1 fully saturated rings. The first-order valence-corrected chi connectivity index (χ1v) is 9.88. The third kappa shape index (κ3) is 3.78. The maximum Gasteiger partial charge on any atom is 0.292 e. The summed E-state index contributed by atoms with van der Waals surface area (Å²) in [5.41, 5.74) is 1.77. The van der Waals surface area contributed by atoms with Crippen LogP contribution in [0.15, 0.2) is 47.2 Å². The summed E-state index contributed by atoms with van der Waals surface area (Å²) >= 11 is 6.45. The predicted octanol–water partition coefficient (Wildman–Crippen LogP) is 3.03. The number of nitrogens with zero attached hydrogens (tertiary/aromatic N) is 4. The van der Waals surface area contributed by atoms with Crippen molar-refractivity contribution in [1.82, 2.24) is 19.5 Å². The first-order valence-electron chi connectivity index (χ1n) is 9.50. The van der Waals surface area contributed by atoms with Crippen LogP contribution < -0.4 is 4.74 Å². The topological polar surface area (TPSA) is 80.8 Å². The molecule has 2 amide bonds. The lowest BCUT2D eigenvalue weighted by molar-refractivity contribution is 0.0511. The van der Waals surface area contributed by atoms with E-state index < -0.39 is 0 Å². The fraction of sp³-hybridized carbons (Fsp3) is 0.286. The van der Waals surface area contributed by atoms with Gasteiger partial charge in [0, 0.05) is 50.7 Å². The number of carbonyl (C=O) groups is 2. The summed E-state index contributed by atoms with van der Waals surface area (Å²) in [6, 6.07) is 8.78.